The van der Waals surface area contributed by atoms with E-state index in [0.717, 1.165) is 10.5 Å². The van der Waals surface area contributed by atoms with Gasteiger partial charge in [-0.05, 0) is 49.8 Å². The van der Waals surface area contributed by atoms with Crippen LogP contribution < -0.4 is 15.0 Å². The maximum atomic E-state index is 13.2. The van der Waals surface area contributed by atoms with Crippen molar-refractivity contribution in [2.75, 3.05) is 11.5 Å². The number of aryl methyl sites for hydroxylation is 1. The van der Waals surface area contributed by atoms with Gasteiger partial charge in [-0.2, -0.15) is 0 Å². The summed E-state index contributed by atoms with van der Waals surface area (Å²) in [5, 5.41) is 13.3. The largest absolute Gasteiger partial charge is 0.492 e. The molecule has 10 heteroatoms. The second-order valence-electron chi connectivity index (χ2n) is 7.32. The minimum atomic E-state index is -0.897. The van der Waals surface area contributed by atoms with E-state index in [-0.39, 0.29) is 22.7 Å². The van der Waals surface area contributed by atoms with Gasteiger partial charge in [-0.25, -0.2) is 9.69 Å². The van der Waals surface area contributed by atoms with Crippen LogP contribution in [-0.4, -0.2) is 29.4 Å². The second-order valence-corrected chi connectivity index (χ2v) is 7.32. The molecule has 10 nitrogen and oxygen atoms in total. The van der Waals surface area contributed by atoms with E-state index in [2.05, 4.69) is 5.32 Å². The van der Waals surface area contributed by atoms with Crippen LogP contribution in [0.25, 0.3) is 17.4 Å². The lowest BCUT2D eigenvalue weighted by Crippen LogP contribution is -2.54. The van der Waals surface area contributed by atoms with Crippen LogP contribution >= 0.6 is 0 Å². The quantitative estimate of drug-likeness (QED) is 0.251. The number of carbonyl (C=O) groups is 3. The number of hydrogen-bond acceptors (Lipinski definition) is 7. The zero-order chi connectivity index (χ0) is 24.4. The molecule has 172 valence electrons. The number of nitrogens with zero attached hydrogens (tertiary/aromatic N) is 2. The van der Waals surface area contributed by atoms with E-state index in [0.29, 0.717) is 23.7 Å². The Morgan fingerprint density at radius 2 is 1.88 bits per heavy atom. The highest BCUT2D eigenvalue weighted by molar-refractivity contribution is 6.39. The molecule has 1 N–H and O–H groups in total. The van der Waals surface area contributed by atoms with E-state index < -0.39 is 22.8 Å². The zero-order valence-corrected chi connectivity index (χ0v) is 18.2. The predicted molar refractivity (Wildman–Crippen MR) is 122 cm³/mol. The Morgan fingerprint density at radius 1 is 1.12 bits per heavy atom. The third-order valence-corrected chi connectivity index (χ3v) is 5.12. The first-order chi connectivity index (χ1) is 16.3. The lowest BCUT2D eigenvalue weighted by atomic mass is 10.1. The van der Waals surface area contributed by atoms with Crippen molar-refractivity contribution in [3.63, 3.8) is 0 Å². The zero-order valence-electron chi connectivity index (χ0n) is 18.2. The third-order valence-electron chi connectivity index (χ3n) is 5.12. The molecule has 3 aromatic rings. The molecular weight excluding hydrogens is 442 g/mol. The van der Waals surface area contributed by atoms with Crippen molar-refractivity contribution in [1.82, 2.24) is 5.32 Å². The Kier molecular flexibility index (Phi) is 5.96. The van der Waals surface area contributed by atoms with Crippen molar-refractivity contribution in [2.45, 2.75) is 13.8 Å². The van der Waals surface area contributed by atoms with Crippen molar-refractivity contribution in [3.8, 4) is 17.1 Å². The molecule has 1 aliphatic heterocycles. The Balaban J connectivity index is 1.70. The molecule has 0 spiro atoms. The summed E-state index contributed by atoms with van der Waals surface area (Å²) < 4.78 is 11.3. The molecule has 2 heterocycles. The molecular formula is C24H19N3O7. The van der Waals surface area contributed by atoms with Gasteiger partial charge >= 0.3 is 6.03 Å². The number of rotatable bonds is 6. The second kappa shape index (κ2) is 9.02. The van der Waals surface area contributed by atoms with Gasteiger partial charge in [-0.3, -0.25) is 25.0 Å². The number of nitro groups is 1. The standard InChI is InChI=1S/C24H19N3O7/c1-3-33-21-7-5-4-6-19(21)26-23(29)18(22(28)25-24(26)30)13-16-10-11-20(34-16)17-12-15(27(31)32)9-8-14(17)2/h4-13H,3H2,1-2H3,(H,25,28,30)/b18-13+. The van der Waals surface area contributed by atoms with Gasteiger partial charge in [0, 0.05) is 17.7 Å². The van der Waals surface area contributed by atoms with Gasteiger partial charge in [0.25, 0.3) is 17.5 Å². The number of ether oxygens (including phenoxy) is 1. The summed E-state index contributed by atoms with van der Waals surface area (Å²) in [5.41, 5.74) is 1.02. The number of imide groups is 2. The molecule has 0 radical (unpaired) electrons. The molecule has 0 bridgehead atoms. The molecule has 4 rings (SSSR count). The van der Waals surface area contributed by atoms with Crippen LogP contribution in [0.5, 0.6) is 5.75 Å². The molecule has 1 aromatic heterocycles. The summed E-state index contributed by atoms with van der Waals surface area (Å²) >= 11 is 0. The monoisotopic (exact) mass is 461 g/mol. The molecule has 4 amide bonds. The Hall–Kier alpha value is -4.73. The summed E-state index contributed by atoms with van der Waals surface area (Å²) in [4.78, 5) is 49.6. The number of furan rings is 1. The first-order valence-electron chi connectivity index (χ1n) is 10.3. The number of anilines is 1. The average Bonchev–Trinajstić information content (AvgIpc) is 3.26. The van der Waals surface area contributed by atoms with Crippen LogP contribution in [0.1, 0.15) is 18.2 Å². The van der Waals surface area contributed by atoms with Gasteiger partial charge in [0.2, 0.25) is 0 Å². The highest BCUT2D eigenvalue weighted by Gasteiger charge is 2.38. The van der Waals surface area contributed by atoms with E-state index in [9.17, 15) is 24.5 Å². The molecule has 0 atom stereocenters. The van der Waals surface area contributed by atoms with Crippen LogP contribution in [-0.2, 0) is 9.59 Å². The predicted octanol–water partition coefficient (Wildman–Crippen LogP) is 4.23. The normalized spacial score (nSPS) is 14.9. The summed E-state index contributed by atoms with van der Waals surface area (Å²) in [7, 11) is 0. The fourth-order valence-corrected chi connectivity index (χ4v) is 3.50. The van der Waals surface area contributed by atoms with Crippen molar-refractivity contribution in [1.29, 1.82) is 0 Å². The number of hydrogen-bond donors (Lipinski definition) is 1. The van der Waals surface area contributed by atoms with Crippen LogP contribution in [0.3, 0.4) is 0 Å². The first-order valence-corrected chi connectivity index (χ1v) is 10.3. The van der Waals surface area contributed by atoms with Crippen molar-refractivity contribution in [3.05, 3.63) is 81.6 Å². The van der Waals surface area contributed by atoms with Gasteiger partial charge in [0.05, 0.1) is 17.2 Å². The minimum Gasteiger partial charge on any atom is -0.492 e. The molecule has 0 aliphatic carbocycles. The number of amides is 4. The van der Waals surface area contributed by atoms with Crippen molar-refractivity contribution >= 4 is 35.3 Å². The lowest BCUT2D eigenvalue weighted by Gasteiger charge is -2.27. The molecule has 2 aromatic carbocycles. The smallest absolute Gasteiger partial charge is 0.336 e. The number of carbonyl (C=O) groups excluding carboxylic acids is 3. The Morgan fingerprint density at radius 3 is 2.62 bits per heavy atom. The van der Waals surface area contributed by atoms with Crippen molar-refractivity contribution in [2.24, 2.45) is 0 Å². The number of barbiturate groups is 1. The Bertz CT molecular complexity index is 1360. The van der Waals surface area contributed by atoms with Crippen LogP contribution in [0, 0.1) is 17.0 Å². The van der Waals surface area contributed by atoms with E-state index in [1.54, 1.807) is 44.2 Å². The highest BCUT2D eigenvalue weighted by atomic mass is 16.6. The highest BCUT2D eigenvalue weighted by Crippen LogP contribution is 2.32. The SMILES string of the molecule is CCOc1ccccc1N1C(=O)NC(=O)/C(=C\c2ccc(-c3cc([N+](=O)[O-])ccc3C)o2)C1=O. The lowest BCUT2D eigenvalue weighted by molar-refractivity contribution is -0.384. The molecule has 1 fully saturated rings. The van der Waals surface area contributed by atoms with Crippen molar-refractivity contribution < 1.29 is 28.5 Å². The van der Waals surface area contributed by atoms with E-state index in [4.69, 9.17) is 9.15 Å². The van der Waals surface area contributed by atoms with Gasteiger partial charge < -0.3 is 9.15 Å². The fourth-order valence-electron chi connectivity index (χ4n) is 3.50. The number of urea groups is 1. The maximum absolute atomic E-state index is 13.2. The Labute approximate surface area is 193 Å². The van der Waals surface area contributed by atoms with Gasteiger partial charge in [0.1, 0.15) is 22.8 Å². The van der Waals surface area contributed by atoms with Crippen LogP contribution in [0.15, 0.2) is 64.6 Å². The topological polar surface area (TPSA) is 132 Å². The van der Waals surface area contributed by atoms with E-state index in [1.165, 1.54) is 30.3 Å². The first kappa shape index (κ1) is 22.5. The number of benzene rings is 2. The number of non-ortho nitro benzene ring substituents is 1. The molecule has 1 aliphatic rings. The molecule has 0 saturated carbocycles. The van der Waals surface area contributed by atoms with Gasteiger partial charge in [0.15, 0.2) is 0 Å². The molecule has 0 unspecified atom stereocenters. The average molecular weight is 461 g/mol. The minimum absolute atomic E-state index is 0.0964. The summed E-state index contributed by atoms with van der Waals surface area (Å²) in [5.74, 6) is -0.920. The third kappa shape index (κ3) is 4.16. The van der Waals surface area contributed by atoms with Gasteiger partial charge in [-0.1, -0.05) is 18.2 Å². The number of nitrogens with one attached hydrogen (secondary N) is 1. The summed E-state index contributed by atoms with van der Waals surface area (Å²) in [6.45, 7) is 3.85. The fraction of sp³-hybridized carbons (Fsp3) is 0.125. The molecule has 1 saturated heterocycles. The van der Waals surface area contributed by atoms with Crippen LogP contribution in [0.4, 0.5) is 16.2 Å². The van der Waals surface area contributed by atoms with Gasteiger partial charge in [-0.15, -0.1) is 0 Å². The number of para-hydroxylation sites is 2. The van der Waals surface area contributed by atoms with E-state index >= 15 is 0 Å². The molecule has 34 heavy (non-hydrogen) atoms. The summed E-state index contributed by atoms with van der Waals surface area (Å²) in [6.07, 6.45) is 1.22. The van der Waals surface area contributed by atoms with E-state index in [1.807, 2.05) is 0 Å². The number of nitro benzene ring substituents is 1. The summed E-state index contributed by atoms with van der Waals surface area (Å²) in [6, 6.07) is 13.1. The van der Waals surface area contributed by atoms with Crippen LogP contribution in [0.2, 0.25) is 0 Å². The maximum Gasteiger partial charge on any atom is 0.336 e.